The third-order valence-electron chi connectivity index (χ3n) is 3.05. The smallest absolute Gasteiger partial charge is 0.0544 e. The number of alkyl halides is 1. The van der Waals surface area contributed by atoms with Crippen molar-refractivity contribution in [2.45, 2.75) is 31.8 Å². The summed E-state index contributed by atoms with van der Waals surface area (Å²) in [6.45, 7) is 2.12. The van der Waals surface area contributed by atoms with E-state index in [9.17, 15) is 0 Å². The third kappa shape index (κ3) is 3.02. The summed E-state index contributed by atoms with van der Waals surface area (Å²) in [5.41, 5.74) is 1.19. The van der Waals surface area contributed by atoms with Crippen molar-refractivity contribution < 1.29 is 0 Å². The van der Waals surface area contributed by atoms with Crippen LogP contribution in [0.3, 0.4) is 0 Å². The van der Waals surface area contributed by atoms with Crippen LogP contribution < -0.4 is 0 Å². The van der Waals surface area contributed by atoms with Gasteiger partial charge in [-0.2, -0.15) is 0 Å². The first-order chi connectivity index (χ1) is 7.40. The summed E-state index contributed by atoms with van der Waals surface area (Å²) in [5, 5.41) is 1.05. The lowest BCUT2D eigenvalue weighted by Gasteiger charge is -2.37. The van der Waals surface area contributed by atoms with E-state index >= 15 is 0 Å². The van der Waals surface area contributed by atoms with Crippen LogP contribution in [-0.4, -0.2) is 27.8 Å². The lowest BCUT2D eigenvalue weighted by molar-refractivity contribution is 0.126. The first kappa shape index (κ1) is 11.1. The largest absolute Gasteiger partial charge is 0.294 e. The van der Waals surface area contributed by atoms with E-state index in [1.807, 2.05) is 12.3 Å². The number of rotatable bonds is 5. The van der Waals surface area contributed by atoms with Crippen molar-refractivity contribution in [2.75, 3.05) is 11.9 Å². The molecule has 1 saturated carbocycles. The molecule has 1 heterocycles. The van der Waals surface area contributed by atoms with Crippen LogP contribution >= 0.6 is 15.9 Å². The van der Waals surface area contributed by atoms with Gasteiger partial charge in [-0.1, -0.05) is 28.4 Å². The summed E-state index contributed by atoms with van der Waals surface area (Å²) in [5.74, 6) is 0. The van der Waals surface area contributed by atoms with E-state index in [1.165, 1.54) is 25.0 Å². The quantitative estimate of drug-likeness (QED) is 0.764. The van der Waals surface area contributed by atoms with Crippen molar-refractivity contribution in [3.8, 4) is 0 Å². The number of nitrogens with zero attached hydrogens (tertiary/aromatic N) is 2. The van der Waals surface area contributed by atoms with E-state index in [2.05, 4.69) is 37.9 Å². The monoisotopic (exact) mass is 268 g/mol. The molecule has 0 radical (unpaired) electrons. The highest BCUT2D eigenvalue weighted by Crippen LogP contribution is 2.25. The fourth-order valence-corrected chi connectivity index (χ4v) is 2.41. The van der Waals surface area contributed by atoms with Crippen LogP contribution in [0.15, 0.2) is 24.4 Å². The van der Waals surface area contributed by atoms with Crippen LogP contribution in [0, 0.1) is 0 Å². The van der Waals surface area contributed by atoms with Gasteiger partial charge in [0.2, 0.25) is 0 Å². The number of hydrogen-bond donors (Lipinski definition) is 0. The van der Waals surface area contributed by atoms with Crippen LogP contribution in [0.2, 0.25) is 0 Å². The fourth-order valence-electron chi connectivity index (χ4n) is 1.95. The standard InChI is InChI=1S/C12H17BrN2/c13-7-9-15(12-5-3-6-12)10-11-4-1-2-8-14-11/h1-2,4,8,12H,3,5-7,9-10H2. The average Bonchev–Trinajstić information content (AvgIpc) is 2.17. The molecule has 0 spiro atoms. The number of hydrogen-bond acceptors (Lipinski definition) is 2. The van der Waals surface area contributed by atoms with Crippen molar-refractivity contribution in [3.63, 3.8) is 0 Å². The minimum atomic E-state index is 0.796. The van der Waals surface area contributed by atoms with E-state index < -0.39 is 0 Å². The summed E-state index contributed by atoms with van der Waals surface area (Å²) in [6.07, 6.45) is 5.99. The average molecular weight is 269 g/mol. The van der Waals surface area contributed by atoms with Crippen molar-refractivity contribution in [1.82, 2.24) is 9.88 Å². The maximum absolute atomic E-state index is 4.38. The Balaban J connectivity index is 1.93. The van der Waals surface area contributed by atoms with Gasteiger partial charge in [-0.25, -0.2) is 0 Å². The molecule has 1 aromatic rings. The van der Waals surface area contributed by atoms with E-state index in [-0.39, 0.29) is 0 Å². The van der Waals surface area contributed by atoms with Crippen molar-refractivity contribution >= 4 is 15.9 Å². The van der Waals surface area contributed by atoms with Gasteiger partial charge in [0.25, 0.3) is 0 Å². The Morgan fingerprint density at radius 2 is 2.27 bits per heavy atom. The van der Waals surface area contributed by atoms with Gasteiger partial charge in [-0.05, 0) is 25.0 Å². The second-order valence-electron chi connectivity index (χ2n) is 4.07. The van der Waals surface area contributed by atoms with Crippen LogP contribution in [0.1, 0.15) is 25.0 Å². The number of pyridine rings is 1. The highest BCUT2D eigenvalue weighted by Gasteiger charge is 2.24. The van der Waals surface area contributed by atoms with Crippen LogP contribution in [0.5, 0.6) is 0 Å². The zero-order valence-corrected chi connectivity index (χ0v) is 10.5. The lowest BCUT2D eigenvalue weighted by Crippen LogP contribution is -2.40. The first-order valence-electron chi connectivity index (χ1n) is 5.60. The molecule has 0 aliphatic heterocycles. The van der Waals surface area contributed by atoms with Crippen molar-refractivity contribution in [2.24, 2.45) is 0 Å². The topological polar surface area (TPSA) is 16.1 Å². The third-order valence-corrected chi connectivity index (χ3v) is 3.41. The van der Waals surface area contributed by atoms with E-state index in [0.717, 1.165) is 24.5 Å². The van der Waals surface area contributed by atoms with Gasteiger partial charge in [0.1, 0.15) is 0 Å². The molecule has 3 heteroatoms. The van der Waals surface area contributed by atoms with Gasteiger partial charge in [0.15, 0.2) is 0 Å². The van der Waals surface area contributed by atoms with Gasteiger partial charge in [-0.15, -0.1) is 0 Å². The molecular formula is C12H17BrN2. The second-order valence-corrected chi connectivity index (χ2v) is 4.86. The highest BCUT2D eigenvalue weighted by atomic mass is 79.9. The number of halogens is 1. The molecule has 0 bridgehead atoms. The summed E-state index contributed by atoms with van der Waals surface area (Å²) in [7, 11) is 0. The zero-order chi connectivity index (χ0) is 10.5. The summed E-state index contributed by atoms with van der Waals surface area (Å²) in [6, 6.07) is 6.95. The maximum Gasteiger partial charge on any atom is 0.0544 e. The Morgan fingerprint density at radius 3 is 2.80 bits per heavy atom. The van der Waals surface area contributed by atoms with Crippen LogP contribution in [0.25, 0.3) is 0 Å². The molecule has 0 atom stereocenters. The van der Waals surface area contributed by atoms with Gasteiger partial charge in [0, 0.05) is 30.7 Å². The van der Waals surface area contributed by atoms with Crippen molar-refractivity contribution in [3.05, 3.63) is 30.1 Å². The van der Waals surface area contributed by atoms with E-state index in [4.69, 9.17) is 0 Å². The molecule has 0 aromatic carbocycles. The summed E-state index contributed by atoms with van der Waals surface area (Å²) in [4.78, 5) is 6.93. The summed E-state index contributed by atoms with van der Waals surface area (Å²) >= 11 is 3.52. The lowest BCUT2D eigenvalue weighted by atomic mass is 9.91. The molecule has 1 aliphatic rings. The van der Waals surface area contributed by atoms with Gasteiger partial charge >= 0.3 is 0 Å². The molecule has 0 N–H and O–H groups in total. The van der Waals surface area contributed by atoms with E-state index in [0.29, 0.717) is 0 Å². The molecule has 82 valence electrons. The fraction of sp³-hybridized carbons (Fsp3) is 0.583. The summed E-state index contributed by atoms with van der Waals surface area (Å²) < 4.78 is 0. The molecule has 15 heavy (non-hydrogen) atoms. The molecule has 1 fully saturated rings. The second kappa shape index (κ2) is 5.61. The van der Waals surface area contributed by atoms with Gasteiger partial charge in [0.05, 0.1) is 5.69 Å². The minimum absolute atomic E-state index is 0.796. The van der Waals surface area contributed by atoms with Crippen LogP contribution in [-0.2, 0) is 6.54 Å². The van der Waals surface area contributed by atoms with Crippen LogP contribution in [0.4, 0.5) is 0 Å². The van der Waals surface area contributed by atoms with Gasteiger partial charge in [-0.3, -0.25) is 9.88 Å². The number of aromatic nitrogens is 1. The highest BCUT2D eigenvalue weighted by molar-refractivity contribution is 9.09. The Morgan fingerprint density at radius 1 is 1.40 bits per heavy atom. The van der Waals surface area contributed by atoms with Gasteiger partial charge < -0.3 is 0 Å². The Kier molecular flexibility index (Phi) is 4.15. The Hall–Kier alpha value is -0.410. The van der Waals surface area contributed by atoms with E-state index in [1.54, 1.807) is 0 Å². The molecule has 0 amide bonds. The molecule has 1 aliphatic carbocycles. The maximum atomic E-state index is 4.38. The minimum Gasteiger partial charge on any atom is -0.294 e. The Labute approximate surface area is 99.8 Å². The molecule has 2 rings (SSSR count). The predicted molar refractivity (Wildman–Crippen MR) is 66.1 cm³/mol. The molecule has 1 aromatic heterocycles. The first-order valence-corrected chi connectivity index (χ1v) is 6.72. The molecular weight excluding hydrogens is 252 g/mol. The zero-order valence-electron chi connectivity index (χ0n) is 8.90. The SMILES string of the molecule is BrCCN(Cc1ccccn1)C1CCC1. The van der Waals surface area contributed by atoms with Crippen molar-refractivity contribution in [1.29, 1.82) is 0 Å². The predicted octanol–water partition coefficient (Wildman–Crippen LogP) is 2.83. The molecule has 2 nitrogen and oxygen atoms in total. The molecule has 0 unspecified atom stereocenters. The molecule has 0 saturated heterocycles. The normalized spacial score (nSPS) is 16.7. The Bertz CT molecular complexity index is 285.